The first-order valence-corrected chi connectivity index (χ1v) is 6.55. The Labute approximate surface area is 100 Å². The van der Waals surface area contributed by atoms with Gasteiger partial charge in [-0.05, 0) is 68.5 Å². The Bertz CT molecular complexity index is 347. The number of fused-ring (bicyclic) bond motifs is 1. The zero-order valence-electron chi connectivity index (χ0n) is 9.28. The van der Waals surface area contributed by atoms with Crippen molar-refractivity contribution in [2.45, 2.75) is 32.1 Å². The van der Waals surface area contributed by atoms with E-state index in [1.54, 1.807) is 11.1 Å². The summed E-state index contributed by atoms with van der Waals surface area (Å²) in [6.45, 7) is 1.05. The van der Waals surface area contributed by atoms with Crippen molar-refractivity contribution >= 4 is 15.9 Å². The molecule has 15 heavy (non-hydrogen) atoms. The van der Waals surface area contributed by atoms with E-state index in [1.807, 2.05) is 7.05 Å². The summed E-state index contributed by atoms with van der Waals surface area (Å²) in [6, 6.07) is 4.73. The Balaban J connectivity index is 2.24. The van der Waals surface area contributed by atoms with Gasteiger partial charge in [0.25, 0.3) is 0 Å². The van der Waals surface area contributed by atoms with Crippen LogP contribution >= 0.6 is 15.9 Å². The Morgan fingerprint density at radius 2 is 1.87 bits per heavy atom. The molecule has 1 aliphatic rings. The first-order valence-electron chi connectivity index (χ1n) is 5.76. The van der Waals surface area contributed by atoms with Crippen molar-refractivity contribution in [2.75, 3.05) is 13.6 Å². The molecule has 0 heterocycles. The maximum Gasteiger partial charge on any atom is 0.0210 e. The van der Waals surface area contributed by atoms with Gasteiger partial charge in [0.2, 0.25) is 0 Å². The van der Waals surface area contributed by atoms with Gasteiger partial charge < -0.3 is 5.32 Å². The topological polar surface area (TPSA) is 12.0 Å². The Morgan fingerprint density at radius 3 is 2.53 bits per heavy atom. The lowest BCUT2D eigenvalue weighted by Gasteiger charge is -2.18. The molecule has 1 nitrogen and oxygen atoms in total. The first kappa shape index (κ1) is 11.2. The summed E-state index contributed by atoms with van der Waals surface area (Å²) in [5.74, 6) is 0. The zero-order chi connectivity index (χ0) is 10.7. The largest absolute Gasteiger partial charge is 0.319 e. The third kappa shape index (κ3) is 2.61. The number of rotatable bonds is 3. The number of likely N-dealkylation sites (N-methyl/N-ethyl adjacent to an activating group) is 1. The Kier molecular flexibility index (Phi) is 3.81. The molecule has 0 atom stereocenters. The van der Waals surface area contributed by atoms with E-state index in [1.165, 1.54) is 35.7 Å². The van der Waals surface area contributed by atoms with Gasteiger partial charge in [0.1, 0.15) is 0 Å². The molecule has 0 saturated heterocycles. The molecule has 1 aromatic rings. The van der Waals surface area contributed by atoms with E-state index in [4.69, 9.17) is 0 Å². The number of aryl methyl sites for hydroxylation is 2. The SMILES string of the molecule is CNCCc1cc2c(cc1Br)CCCC2. The smallest absolute Gasteiger partial charge is 0.0210 e. The number of hydrogen-bond acceptors (Lipinski definition) is 1. The second kappa shape index (κ2) is 5.13. The number of nitrogens with one attached hydrogen (secondary N) is 1. The van der Waals surface area contributed by atoms with Gasteiger partial charge in [-0.15, -0.1) is 0 Å². The van der Waals surface area contributed by atoms with Gasteiger partial charge in [0.05, 0.1) is 0 Å². The van der Waals surface area contributed by atoms with Crippen LogP contribution in [0.15, 0.2) is 16.6 Å². The van der Waals surface area contributed by atoms with E-state index < -0.39 is 0 Å². The highest BCUT2D eigenvalue weighted by atomic mass is 79.9. The zero-order valence-corrected chi connectivity index (χ0v) is 10.9. The predicted molar refractivity (Wildman–Crippen MR) is 68.4 cm³/mol. The van der Waals surface area contributed by atoms with Gasteiger partial charge in [-0.2, -0.15) is 0 Å². The molecule has 2 rings (SSSR count). The summed E-state index contributed by atoms with van der Waals surface area (Å²) in [5.41, 5.74) is 4.59. The molecule has 0 fully saturated rings. The van der Waals surface area contributed by atoms with Crippen LogP contribution in [-0.4, -0.2) is 13.6 Å². The fourth-order valence-corrected chi connectivity index (χ4v) is 2.85. The minimum absolute atomic E-state index is 1.05. The quantitative estimate of drug-likeness (QED) is 0.888. The van der Waals surface area contributed by atoms with Crippen molar-refractivity contribution in [3.05, 3.63) is 33.3 Å². The summed E-state index contributed by atoms with van der Waals surface area (Å²) >= 11 is 3.68. The third-order valence-corrected chi connectivity index (χ3v) is 3.89. The van der Waals surface area contributed by atoms with Crippen LogP contribution in [-0.2, 0) is 19.3 Å². The van der Waals surface area contributed by atoms with Crippen LogP contribution in [0.5, 0.6) is 0 Å². The summed E-state index contributed by atoms with van der Waals surface area (Å²) < 4.78 is 1.29. The fourth-order valence-electron chi connectivity index (χ4n) is 2.26. The van der Waals surface area contributed by atoms with Gasteiger partial charge >= 0.3 is 0 Å². The molecule has 82 valence electrons. The van der Waals surface area contributed by atoms with Crippen LogP contribution in [0.2, 0.25) is 0 Å². The van der Waals surface area contributed by atoms with Crippen LogP contribution in [0.3, 0.4) is 0 Å². The molecule has 1 N–H and O–H groups in total. The molecule has 0 saturated carbocycles. The van der Waals surface area contributed by atoms with Crippen molar-refractivity contribution < 1.29 is 0 Å². The molecule has 0 amide bonds. The standard InChI is InChI=1S/C13H18BrN/c1-15-7-6-12-8-10-4-2-3-5-11(10)9-13(12)14/h8-9,15H,2-7H2,1H3. The third-order valence-electron chi connectivity index (χ3n) is 3.16. The second-order valence-electron chi connectivity index (χ2n) is 4.27. The van der Waals surface area contributed by atoms with E-state index >= 15 is 0 Å². The maximum absolute atomic E-state index is 3.68. The average molecular weight is 268 g/mol. The highest BCUT2D eigenvalue weighted by Crippen LogP contribution is 2.28. The first-order chi connectivity index (χ1) is 7.31. The van der Waals surface area contributed by atoms with Crippen molar-refractivity contribution in [1.82, 2.24) is 5.32 Å². The van der Waals surface area contributed by atoms with E-state index in [-0.39, 0.29) is 0 Å². The molecular weight excluding hydrogens is 250 g/mol. The fraction of sp³-hybridized carbons (Fsp3) is 0.538. The average Bonchev–Trinajstić information content (AvgIpc) is 2.26. The van der Waals surface area contributed by atoms with Crippen LogP contribution in [0.1, 0.15) is 29.5 Å². The molecule has 0 aromatic heterocycles. The van der Waals surface area contributed by atoms with Crippen LogP contribution in [0.4, 0.5) is 0 Å². The maximum atomic E-state index is 3.68. The van der Waals surface area contributed by atoms with E-state index in [0.717, 1.165) is 13.0 Å². The summed E-state index contributed by atoms with van der Waals surface area (Å²) in [6.07, 6.45) is 6.37. The minimum Gasteiger partial charge on any atom is -0.319 e. The van der Waals surface area contributed by atoms with Crippen LogP contribution < -0.4 is 5.32 Å². The van der Waals surface area contributed by atoms with Crippen molar-refractivity contribution in [3.63, 3.8) is 0 Å². The van der Waals surface area contributed by atoms with E-state index in [0.29, 0.717) is 0 Å². The molecule has 2 heteroatoms. The van der Waals surface area contributed by atoms with E-state index in [9.17, 15) is 0 Å². The van der Waals surface area contributed by atoms with Crippen molar-refractivity contribution in [3.8, 4) is 0 Å². The highest BCUT2D eigenvalue weighted by molar-refractivity contribution is 9.10. The molecular formula is C13H18BrN. The lowest BCUT2D eigenvalue weighted by Crippen LogP contribution is -2.12. The van der Waals surface area contributed by atoms with Crippen LogP contribution in [0.25, 0.3) is 0 Å². The molecule has 0 aliphatic heterocycles. The number of halogens is 1. The van der Waals surface area contributed by atoms with Gasteiger partial charge in [-0.3, -0.25) is 0 Å². The lowest BCUT2D eigenvalue weighted by molar-refractivity contribution is 0.682. The van der Waals surface area contributed by atoms with Crippen molar-refractivity contribution in [1.29, 1.82) is 0 Å². The normalized spacial score (nSPS) is 15.1. The molecule has 0 unspecified atom stereocenters. The van der Waals surface area contributed by atoms with Gasteiger partial charge in [0, 0.05) is 4.47 Å². The highest BCUT2D eigenvalue weighted by Gasteiger charge is 2.11. The molecule has 0 bridgehead atoms. The Morgan fingerprint density at radius 1 is 1.20 bits per heavy atom. The predicted octanol–water partition coefficient (Wildman–Crippen LogP) is 3.09. The van der Waals surface area contributed by atoms with Gasteiger partial charge in [0.15, 0.2) is 0 Å². The monoisotopic (exact) mass is 267 g/mol. The molecule has 1 aromatic carbocycles. The van der Waals surface area contributed by atoms with E-state index in [2.05, 4.69) is 33.4 Å². The molecule has 1 aliphatic carbocycles. The lowest BCUT2D eigenvalue weighted by atomic mass is 9.90. The molecule has 0 radical (unpaired) electrons. The number of benzene rings is 1. The summed E-state index contributed by atoms with van der Waals surface area (Å²) in [4.78, 5) is 0. The Hall–Kier alpha value is -0.340. The summed E-state index contributed by atoms with van der Waals surface area (Å²) in [7, 11) is 2.01. The minimum atomic E-state index is 1.05. The van der Waals surface area contributed by atoms with Crippen molar-refractivity contribution in [2.24, 2.45) is 0 Å². The number of hydrogen-bond donors (Lipinski definition) is 1. The van der Waals surface area contributed by atoms with Gasteiger partial charge in [-0.25, -0.2) is 0 Å². The second-order valence-corrected chi connectivity index (χ2v) is 5.13. The molecule has 0 spiro atoms. The summed E-state index contributed by atoms with van der Waals surface area (Å²) in [5, 5.41) is 3.20. The van der Waals surface area contributed by atoms with Gasteiger partial charge in [-0.1, -0.05) is 22.0 Å². The van der Waals surface area contributed by atoms with Crippen LogP contribution in [0, 0.1) is 0 Å².